The number of carbonyl (C=O) groups excluding carboxylic acids is 1. The summed E-state index contributed by atoms with van der Waals surface area (Å²) < 4.78 is 10.6. The zero-order valence-electron chi connectivity index (χ0n) is 14.5. The number of nitriles is 1. The van der Waals surface area contributed by atoms with Gasteiger partial charge in [0.1, 0.15) is 12.7 Å². The molecular weight excluding hydrogens is 292 g/mol. The van der Waals surface area contributed by atoms with Crippen LogP contribution >= 0.6 is 0 Å². The highest BCUT2D eigenvalue weighted by molar-refractivity contribution is 5.60. The van der Waals surface area contributed by atoms with Gasteiger partial charge in [0.25, 0.3) is 0 Å². The molecule has 1 aliphatic rings. The maximum absolute atomic E-state index is 11.9. The van der Waals surface area contributed by atoms with Gasteiger partial charge in [0.05, 0.1) is 6.07 Å². The maximum atomic E-state index is 11.9. The summed E-state index contributed by atoms with van der Waals surface area (Å²) in [5, 5.41) is 8.71. The van der Waals surface area contributed by atoms with Crippen molar-refractivity contribution in [3.63, 3.8) is 0 Å². The molecule has 0 aromatic heterocycles. The number of ether oxygens (including phenoxy) is 2. The number of allylic oxidation sites excluding steroid dienone is 3. The van der Waals surface area contributed by atoms with Gasteiger partial charge in [-0.2, -0.15) is 5.26 Å². The standard InChI is InChI=1S/C18H28N2O3/c1-4-9-17(20(3)13-8-12-19)15(2)23-18(21)22-14-16-10-6-5-7-11-16/h5-6,10,15,17H,4,7-9,11,13-14H2,1-3H3/t15-,17?/m1/s1. The molecule has 1 aliphatic carbocycles. The number of nitrogens with zero attached hydrogens (tertiary/aromatic N) is 2. The van der Waals surface area contributed by atoms with Gasteiger partial charge in [0, 0.05) is 19.0 Å². The third-order valence-corrected chi connectivity index (χ3v) is 4.03. The van der Waals surface area contributed by atoms with Crippen LogP contribution in [0.5, 0.6) is 0 Å². The highest BCUT2D eigenvalue weighted by Gasteiger charge is 2.24. The Hall–Kier alpha value is -1.80. The van der Waals surface area contributed by atoms with Crippen molar-refractivity contribution >= 4 is 6.16 Å². The van der Waals surface area contributed by atoms with E-state index in [0.29, 0.717) is 19.6 Å². The van der Waals surface area contributed by atoms with Crippen molar-refractivity contribution in [3.05, 3.63) is 23.8 Å². The van der Waals surface area contributed by atoms with Crippen molar-refractivity contribution in [3.8, 4) is 6.07 Å². The average molecular weight is 320 g/mol. The quantitative estimate of drug-likeness (QED) is 0.604. The van der Waals surface area contributed by atoms with Gasteiger partial charge < -0.3 is 9.47 Å². The summed E-state index contributed by atoms with van der Waals surface area (Å²) in [5.74, 6) is 0. The zero-order valence-corrected chi connectivity index (χ0v) is 14.5. The Labute approximate surface area is 139 Å². The third-order valence-electron chi connectivity index (χ3n) is 4.03. The molecule has 1 rings (SSSR count). The van der Waals surface area contributed by atoms with E-state index in [1.807, 2.05) is 26.1 Å². The first-order chi connectivity index (χ1) is 11.1. The van der Waals surface area contributed by atoms with Gasteiger partial charge in [-0.25, -0.2) is 4.79 Å². The van der Waals surface area contributed by atoms with E-state index >= 15 is 0 Å². The minimum atomic E-state index is -0.622. The second kappa shape index (κ2) is 10.8. The Balaban J connectivity index is 2.44. The summed E-state index contributed by atoms with van der Waals surface area (Å²) in [7, 11) is 1.96. The fourth-order valence-electron chi connectivity index (χ4n) is 2.69. The molecule has 0 fully saturated rings. The molecule has 0 aromatic carbocycles. The molecule has 1 unspecified atom stereocenters. The third kappa shape index (κ3) is 7.34. The number of likely N-dealkylation sites (N-methyl/N-ethyl adjacent to an activating group) is 1. The Morgan fingerprint density at radius 1 is 1.52 bits per heavy atom. The first-order valence-electron chi connectivity index (χ1n) is 8.33. The summed E-state index contributed by atoms with van der Waals surface area (Å²) in [4.78, 5) is 14.0. The van der Waals surface area contributed by atoms with E-state index in [-0.39, 0.29) is 12.1 Å². The lowest BCUT2D eigenvalue weighted by Crippen LogP contribution is -2.42. The van der Waals surface area contributed by atoms with E-state index in [2.05, 4.69) is 24.0 Å². The predicted molar refractivity (Wildman–Crippen MR) is 89.9 cm³/mol. The van der Waals surface area contributed by atoms with E-state index < -0.39 is 6.16 Å². The Morgan fingerprint density at radius 3 is 2.91 bits per heavy atom. The van der Waals surface area contributed by atoms with Crippen LogP contribution in [0.25, 0.3) is 0 Å². The van der Waals surface area contributed by atoms with Gasteiger partial charge in [-0.05, 0) is 38.8 Å². The lowest BCUT2D eigenvalue weighted by molar-refractivity contribution is -0.00130. The highest BCUT2D eigenvalue weighted by Crippen LogP contribution is 2.15. The largest absolute Gasteiger partial charge is 0.508 e. The normalized spacial score (nSPS) is 16.4. The minimum Gasteiger partial charge on any atom is -0.430 e. The van der Waals surface area contributed by atoms with Crippen molar-refractivity contribution < 1.29 is 14.3 Å². The van der Waals surface area contributed by atoms with Gasteiger partial charge >= 0.3 is 6.16 Å². The van der Waals surface area contributed by atoms with E-state index in [9.17, 15) is 4.79 Å². The van der Waals surface area contributed by atoms with Crippen LogP contribution in [-0.2, 0) is 9.47 Å². The smallest absolute Gasteiger partial charge is 0.430 e. The second-order valence-electron chi connectivity index (χ2n) is 5.90. The first-order valence-corrected chi connectivity index (χ1v) is 8.33. The number of carbonyl (C=O) groups is 1. The number of hydrogen-bond acceptors (Lipinski definition) is 5. The molecule has 0 amide bonds. The minimum absolute atomic E-state index is 0.0951. The average Bonchev–Trinajstić information content (AvgIpc) is 2.56. The van der Waals surface area contributed by atoms with Crippen LogP contribution < -0.4 is 0 Å². The molecule has 23 heavy (non-hydrogen) atoms. The molecule has 0 heterocycles. The van der Waals surface area contributed by atoms with Crippen LogP contribution in [0.3, 0.4) is 0 Å². The SMILES string of the molecule is CCCC([C@@H](C)OC(=O)OCC1=CC=CCC1)N(C)CCC#N. The van der Waals surface area contributed by atoms with E-state index in [1.165, 1.54) is 0 Å². The fourth-order valence-corrected chi connectivity index (χ4v) is 2.69. The second-order valence-corrected chi connectivity index (χ2v) is 5.90. The van der Waals surface area contributed by atoms with E-state index in [0.717, 1.165) is 31.3 Å². The molecular formula is C18H28N2O3. The zero-order chi connectivity index (χ0) is 17.1. The highest BCUT2D eigenvalue weighted by atomic mass is 16.7. The van der Waals surface area contributed by atoms with Crippen molar-refractivity contribution in [2.75, 3.05) is 20.2 Å². The topological polar surface area (TPSA) is 62.6 Å². The molecule has 0 spiro atoms. The lowest BCUT2D eigenvalue weighted by Gasteiger charge is -2.31. The van der Waals surface area contributed by atoms with Crippen LogP contribution in [0.4, 0.5) is 4.79 Å². The molecule has 0 N–H and O–H groups in total. The molecule has 5 heteroatoms. The van der Waals surface area contributed by atoms with Gasteiger partial charge in [-0.15, -0.1) is 0 Å². The van der Waals surface area contributed by atoms with Crippen molar-refractivity contribution in [2.24, 2.45) is 0 Å². The van der Waals surface area contributed by atoms with Crippen LogP contribution in [0.15, 0.2) is 23.8 Å². The Morgan fingerprint density at radius 2 is 2.30 bits per heavy atom. The van der Waals surface area contributed by atoms with Gasteiger partial charge in [-0.1, -0.05) is 31.6 Å². The summed E-state index contributed by atoms with van der Waals surface area (Å²) in [6.07, 6.45) is 9.45. The van der Waals surface area contributed by atoms with Gasteiger partial charge in [-0.3, -0.25) is 4.90 Å². The lowest BCUT2D eigenvalue weighted by atomic mass is 10.1. The number of hydrogen-bond donors (Lipinski definition) is 0. The molecule has 5 nitrogen and oxygen atoms in total. The molecule has 0 aromatic rings. The summed E-state index contributed by atoms with van der Waals surface area (Å²) in [5.41, 5.74) is 1.10. The molecule has 0 bridgehead atoms. The molecule has 128 valence electrons. The fraction of sp³-hybridized carbons (Fsp3) is 0.667. The first kappa shape index (κ1) is 19.2. The molecule has 0 aliphatic heterocycles. The maximum Gasteiger partial charge on any atom is 0.508 e. The van der Waals surface area contributed by atoms with Gasteiger partial charge in [0.2, 0.25) is 0 Å². The van der Waals surface area contributed by atoms with Crippen molar-refractivity contribution in [2.45, 2.75) is 58.1 Å². The van der Waals surface area contributed by atoms with Crippen LogP contribution in [0.1, 0.15) is 46.0 Å². The molecule has 2 atom stereocenters. The molecule has 0 saturated heterocycles. The van der Waals surface area contributed by atoms with Crippen LogP contribution in [-0.4, -0.2) is 43.4 Å². The van der Waals surface area contributed by atoms with E-state index in [4.69, 9.17) is 14.7 Å². The summed E-state index contributed by atoms with van der Waals surface area (Å²) in [6.45, 7) is 4.94. The Kier molecular flexibility index (Phi) is 9.08. The van der Waals surface area contributed by atoms with Crippen molar-refractivity contribution in [1.82, 2.24) is 4.90 Å². The van der Waals surface area contributed by atoms with Crippen LogP contribution in [0.2, 0.25) is 0 Å². The van der Waals surface area contributed by atoms with Gasteiger partial charge in [0.15, 0.2) is 0 Å². The predicted octanol–water partition coefficient (Wildman–Crippen LogP) is 3.82. The summed E-state index contributed by atoms with van der Waals surface area (Å²) >= 11 is 0. The van der Waals surface area contributed by atoms with Crippen LogP contribution in [0, 0.1) is 11.3 Å². The van der Waals surface area contributed by atoms with Crippen molar-refractivity contribution in [1.29, 1.82) is 5.26 Å². The Bertz CT molecular complexity index is 465. The summed E-state index contributed by atoms with van der Waals surface area (Å²) in [6, 6.07) is 2.24. The molecule has 0 radical (unpaired) electrons. The molecule has 0 saturated carbocycles. The van der Waals surface area contributed by atoms with E-state index in [1.54, 1.807) is 0 Å². The monoisotopic (exact) mass is 320 g/mol. The number of rotatable bonds is 9.